The van der Waals surface area contributed by atoms with Crippen LogP contribution in [0.3, 0.4) is 0 Å². The van der Waals surface area contributed by atoms with Gasteiger partial charge in [0.05, 0.1) is 38.8 Å². The maximum absolute atomic E-state index is 13.3. The molecule has 1 unspecified atom stereocenters. The predicted molar refractivity (Wildman–Crippen MR) is 142 cm³/mol. The first-order chi connectivity index (χ1) is 17.9. The summed E-state index contributed by atoms with van der Waals surface area (Å²) < 4.78 is 15.2. The van der Waals surface area contributed by atoms with Crippen LogP contribution in [0.4, 0.5) is 11.6 Å². The summed E-state index contributed by atoms with van der Waals surface area (Å²) in [5.74, 6) is -0.646. The lowest BCUT2D eigenvalue weighted by Crippen LogP contribution is -2.55. The molecule has 5 rings (SSSR count). The number of nitrogens with one attached hydrogen (secondary N) is 2. The number of thioether (sulfide) groups is 1. The Morgan fingerprint density at radius 2 is 1.89 bits per heavy atom. The van der Waals surface area contributed by atoms with Gasteiger partial charge in [-0.25, -0.2) is 19.8 Å². The summed E-state index contributed by atoms with van der Waals surface area (Å²) in [7, 11) is 4.03. The molecular weight excluding hydrogens is 518 g/mol. The number of rotatable bonds is 6. The van der Waals surface area contributed by atoms with Crippen LogP contribution in [0.2, 0.25) is 0 Å². The number of ether oxygens (including phenoxy) is 3. The lowest BCUT2D eigenvalue weighted by Gasteiger charge is -2.32. The molecule has 1 aromatic carbocycles. The summed E-state index contributed by atoms with van der Waals surface area (Å²) >= 11 is 2.46. The van der Waals surface area contributed by atoms with Crippen molar-refractivity contribution in [2.75, 3.05) is 26.3 Å². The van der Waals surface area contributed by atoms with Gasteiger partial charge < -0.3 is 14.2 Å². The molecule has 2 aromatic heterocycles. The summed E-state index contributed by atoms with van der Waals surface area (Å²) in [6, 6.07) is 7.01. The molecule has 0 amide bonds. The normalized spacial score (nSPS) is 20.0. The topological polar surface area (TPSA) is 135 Å². The second-order valence-corrected chi connectivity index (χ2v) is 10.8. The number of aliphatic imine (C=N–C) groups is 1. The Balaban J connectivity index is 1.62. The van der Waals surface area contributed by atoms with Crippen molar-refractivity contribution in [2.24, 2.45) is 4.99 Å². The molecule has 2 N–H and O–H groups in total. The van der Waals surface area contributed by atoms with Gasteiger partial charge in [-0.3, -0.25) is 20.0 Å². The van der Waals surface area contributed by atoms with Gasteiger partial charge in [0, 0.05) is 4.88 Å². The van der Waals surface area contributed by atoms with Crippen LogP contribution in [0.5, 0.6) is 5.75 Å². The van der Waals surface area contributed by atoms with E-state index in [0.29, 0.717) is 26.8 Å². The molecule has 0 radical (unpaired) electrons. The molecule has 1 atom stereocenters. The molecule has 194 valence electrons. The van der Waals surface area contributed by atoms with Crippen molar-refractivity contribution in [3.63, 3.8) is 0 Å². The van der Waals surface area contributed by atoms with Crippen molar-refractivity contribution in [3.8, 4) is 5.75 Å². The van der Waals surface area contributed by atoms with E-state index in [9.17, 15) is 14.4 Å². The predicted octanol–water partition coefficient (Wildman–Crippen LogP) is 3.05. The summed E-state index contributed by atoms with van der Waals surface area (Å²) in [4.78, 5) is 51.1. The van der Waals surface area contributed by atoms with Crippen LogP contribution >= 0.6 is 23.1 Å². The zero-order valence-corrected chi connectivity index (χ0v) is 22.1. The monoisotopic (exact) mass is 543 g/mol. The quantitative estimate of drug-likeness (QED) is 0.447. The minimum absolute atomic E-state index is 0.0674. The number of thiophene rings is 1. The fourth-order valence-electron chi connectivity index (χ4n) is 4.47. The van der Waals surface area contributed by atoms with Crippen LogP contribution in [0.15, 0.2) is 34.1 Å². The van der Waals surface area contributed by atoms with Gasteiger partial charge in [0.1, 0.15) is 10.6 Å². The number of hydrogen-bond acceptors (Lipinski definition) is 11. The minimum Gasteiger partial charge on any atom is -0.497 e. The Morgan fingerprint density at radius 1 is 1.14 bits per heavy atom. The number of H-pyrrole nitrogens is 1. The Kier molecular flexibility index (Phi) is 6.82. The number of methoxy groups -OCH3 is 3. The smallest absolute Gasteiger partial charge is 0.345 e. The summed E-state index contributed by atoms with van der Waals surface area (Å²) in [6.07, 6.45) is 3.46. The maximum Gasteiger partial charge on any atom is 0.345 e. The van der Waals surface area contributed by atoms with Crippen LogP contribution < -0.4 is 20.7 Å². The van der Waals surface area contributed by atoms with Crippen LogP contribution in [-0.2, 0) is 31.9 Å². The van der Waals surface area contributed by atoms with Crippen molar-refractivity contribution in [2.45, 2.75) is 37.0 Å². The molecule has 3 aromatic rings. The van der Waals surface area contributed by atoms with E-state index < -0.39 is 23.2 Å². The van der Waals surface area contributed by atoms with Gasteiger partial charge in [0.15, 0.2) is 5.17 Å². The second-order valence-electron chi connectivity index (χ2n) is 8.47. The van der Waals surface area contributed by atoms with Crippen LogP contribution in [0.25, 0.3) is 10.2 Å². The summed E-state index contributed by atoms with van der Waals surface area (Å²) in [6.45, 7) is 0. The SMILES string of the molecule is COC(=O)CC1(C(=O)OC)SC(=Nc2ccc(OC)cc2)NN1c1nc2sc3c(c2c(=O)[nH]1)CCCC3. The average Bonchev–Trinajstić information content (AvgIpc) is 3.47. The third-order valence-corrected chi connectivity index (χ3v) is 8.67. The van der Waals surface area contributed by atoms with E-state index in [-0.39, 0.29) is 11.5 Å². The van der Waals surface area contributed by atoms with E-state index in [4.69, 9.17) is 19.2 Å². The first-order valence-corrected chi connectivity index (χ1v) is 13.2. The number of aromatic amines is 1. The molecule has 3 heterocycles. The summed E-state index contributed by atoms with van der Waals surface area (Å²) in [5.41, 5.74) is 4.38. The van der Waals surface area contributed by atoms with Gasteiger partial charge in [-0.1, -0.05) is 0 Å². The third kappa shape index (κ3) is 4.53. The molecule has 2 aliphatic rings. The Bertz CT molecular complexity index is 1450. The molecule has 13 heteroatoms. The fraction of sp³-hybridized carbons (Fsp3) is 0.375. The fourth-order valence-corrected chi connectivity index (χ4v) is 6.91. The highest BCUT2D eigenvalue weighted by atomic mass is 32.2. The van der Waals surface area contributed by atoms with Gasteiger partial charge in [-0.05, 0) is 67.3 Å². The van der Waals surface area contributed by atoms with Crippen LogP contribution in [-0.4, -0.2) is 53.3 Å². The highest BCUT2D eigenvalue weighted by Crippen LogP contribution is 2.43. The van der Waals surface area contributed by atoms with Gasteiger partial charge in [0.2, 0.25) is 10.8 Å². The number of esters is 2. The highest BCUT2D eigenvalue weighted by Gasteiger charge is 2.56. The van der Waals surface area contributed by atoms with E-state index in [1.54, 1.807) is 31.4 Å². The molecule has 1 aliphatic heterocycles. The molecule has 1 aliphatic carbocycles. The number of hydrogen-bond donors (Lipinski definition) is 2. The van der Waals surface area contributed by atoms with E-state index in [1.165, 1.54) is 30.6 Å². The van der Waals surface area contributed by atoms with E-state index in [1.807, 2.05) is 0 Å². The molecule has 0 saturated carbocycles. The van der Waals surface area contributed by atoms with Gasteiger partial charge >= 0.3 is 11.9 Å². The molecule has 1 fully saturated rings. The summed E-state index contributed by atoms with van der Waals surface area (Å²) in [5, 5.41) is 2.22. The number of benzene rings is 1. The molecule has 11 nitrogen and oxygen atoms in total. The molecule has 0 spiro atoms. The number of fused-ring (bicyclic) bond motifs is 3. The van der Waals surface area contributed by atoms with Crippen molar-refractivity contribution in [1.29, 1.82) is 0 Å². The van der Waals surface area contributed by atoms with Crippen LogP contribution in [0.1, 0.15) is 29.7 Å². The zero-order chi connectivity index (χ0) is 26.2. The van der Waals surface area contributed by atoms with Crippen molar-refractivity contribution in [3.05, 3.63) is 45.1 Å². The second kappa shape index (κ2) is 10.1. The lowest BCUT2D eigenvalue weighted by molar-refractivity contribution is -0.150. The number of carbonyl (C=O) groups excluding carboxylic acids is 2. The molecular formula is C24H25N5O6S2. The van der Waals surface area contributed by atoms with Crippen molar-refractivity contribution >= 4 is 62.1 Å². The van der Waals surface area contributed by atoms with E-state index in [2.05, 4.69) is 15.4 Å². The largest absolute Gasteiger partial charge is 0.497 e. The lowest BCUT2D eigenvalue weighted by atomic mass is 9.97. The zero-order valence-electron chi connectivity index (χ0n) is 20.5. The average molecular weight is 544 g/mol. The maximum atomic E-state index is 13.3. The number of anilines is 1. The number of aryl methyl sites for hydroxylation is 2. The number of amidine groups is 1. The molecule has 37 heavy (non-hydrogen) atoms. The van der Waals surface area contributed by atoms with Crippen LogP contribution in [0, 0.1) is 0 Å². The standard InChI is InChI=1S/C24H25N5O6S2/c1-33-14-10-8-13(9-11-14)25-23-28-29(24(37-23,21(32)35-3)12-17(30)34-2)22-26-19(31)18-15-6-4-5-7-16(15)36-20(18)27-22/h8-11H,4-7,12H2,1-3H3,(H,25,28)(H,26,27,31). The van der Waals surface area contributed by atoms with Gasteiger partial charge in [-0.2, -0.15) is 0 Å². The van der Waals surface area contributed by atoms with Crippen molar-refractivity contribution in [1.82, 2.24) is 15.4 Å². The Morgan fingerprint density at radius 3 is 2.59 bits per heavy atom. The van der Waals surface area contributed by atoms with Gasteiger partial charge in [-0.15, -0.1) is 11.3 Å². The number of aromatic nitrogens is 2. The Labute approximate surface area is 220 Å². The minimum atomic E-state index is -1.67. The first-order valence-electron chi connectivity index (χ1n) is 11.6. The third-order valence-electron chi connectivity index (χ3n) is 6.28. The number of nitrogens with zero attached hydrogens (tertiary/aromatic N) is 3. The Hall–Kier alpha value is -3.58. The number of carbonyl (C=O) groups is 2. The highest BCUT2D eigenvalue weighted by molar-refractivity contribution is 8.16. The number of hydrazine groups is 1. The molecule has 1 saturated heterocycles. The van der Waals surface area contributed by atoms with Crippen molar-refractivity contribution < 1.29 is 23.8 Å². The van der Waals surface area contributed by atoms with E-state index in [0.717, 1.165) is 47.9 Å². The van der Waals surface area contributed by atoms with Gasteiger partial charge in [0.25, 0.3) is 5.56 Å². The first kappa shape index (κ1) is 25.1. The molecule has 0 bridgehead atoms. The van der Waals surface area contributed by atoms with E-state index >= 15 is 0 Å².